The Bertz CT molecular complexity index is 453. The molecule has 1 aliphatic heterocycles. The fourth-order valence-corrected chi connectivity index (χ4v) is 2.86. The van der Waals surface area contributed by atoms with E-state index in [0.29, 0.717) is 11.5 Å². The zero-order chi connectivity index (χ0) is 12.4. The second-order valence-corrected chi connectivity index (χ2v) is 5.37. The average Bonchev–Trinajstić information content (AvgIpc) is 2.78. The molecule has 0 aliphatic carbocycles. The van der Waals surface area contributed by atoms with Gasteiger partial charge in [0.05, 0.1) is 23.4 Å². The van der Waals surface area contributed by atoms with E-state index in [2.05, 4.69) is 26.9 Å². The lowest BCUT2D eigenvalue weighted by molar-refractivity contribution is 0.136. The van der Waals surface area contributed by atoms with E-state index in [-0.39, 0.29) is 6.10 Å². The molecule has 2 atom stereocenters. The van der Waals surface area contributed by atoms with Crippen molar-refractivity contribution in [1.29, 1.82) is 5.26 Å². The van der Waals surface area contributed by atoms with Crippen molar-refractivity contribution in [2.45, 2.75) is 19.4 Å². The predicted molar refractivity (Wildman–Crippen MR) is 70.9 cm³/mol. The van der Waals surface area contributed by atoms with E-state index in [1.54, 1.807) is 0 Å². The zero-order valence-electron chi connectivity index (χ0n) is 9.73. The van der Waals surface area contributed by atoms with Gasteiger partial charge >= 0.3 is 0 Å². The molecule has 1 heterocycles. The maximum Gasteiger partial charge on any atom is 0.0992 e. The van der Waals surface area contributed by atoms with E-state index < -0.39 is 0 Å². The Morgan fingerprint density at radius 1 is 1.59 bits per heavy atom. The number of aliphatic hydroxyl groups excluding tert-OH is 1. The minimum absolute atomic E-state index is 0.253. The molecule has 1 N–H and O–H groups in total. The lowest BCUT2D eigenvalue weighted by Crippen LogP contribution is -2.24. The van der Waals surface area contributed by atoms with Gasteiger partial charge in [-0.1, -0.05) is 0 Å². The van der Waals surface area contributed by atoms with Crippen molar-refractivity contribution >= 4 is 21.6 Å². The van der Waals surface area contributed by atoms with E-state index in [4.69, 9.17) is 5.26 Å². The highest BCUT2D eigenvalue weighted by molar-refractivity contribution is 9.10. The molecule has 90 valence electrons. The van der Waals surface area contributed by atoms with E-state index >= 15 is 0 Å². The molecule has 1 saturated heterocycles. The van der Waals surface area contributed by atoms with Crippen molar-refractivity contribution in [2.75, 3.05) is 18.0 Å². The fourth-order valence-electron chi connectivity index (χ4n) is 2.23. The van der Waals surface area contributed by atoms with E-state index in [9.17, 15) is 5.11 Å². The van der Waals surface area contributed by atoms with Crippen LogP contribution in [-0.2, 0) is 0 Å². The van der Waals surface area contributed by atoms with Crippen molar-refractivity contribution in [1.82, 2.24) is 0 Å². The Hall–Kier alpha value is -1.05. The summed E-state index contributed by atoms with van der Waals surface area (Å²) in [5, 5.41) is 18.4. The van der Waals surface area contributed by atoms with Crippen LogP contribution in [0, 0.1) is 17.2 Å². The van der Waals surface area contributed by atoms with Crippen LogP contribution < -0.4 is 4.90 Å². The van der Waals surface area contributed by atoms with E-state index in [0.717, 1.165) is 29.7 Å². The molecule has 1 aliphatic rings. The molecule has 4 heteroatoms. The largest absolute Gasteiger partial charge is 0.393 e. The van der Waals surface area contributed by atoms with Crippen LogP contribution in [-0.4, -0.2) is 24.3 Å². The van der Waals surface area contributed by atoms with Gasteiger partial charge in [0, 0.05) is 23.5 Å². The molecule has 2 rings (SSSR count). The van der Waals surface area contributed by atoms with Crippen molar-refractivity contribution in [2.24, 2.45) is 5.92 Å². The van der Waals surface area contributed by atoms with Gasteiger partial charge in [0.2, 0.25) is 0 Å². The topological polar surface area (TPSA) is 47.3 Å². The van der Waals surface area contributed by atoms with Crippen molar-refractivity contribution in [3.63, 3.8) is 0 Å². The van der Waals surface area contributed by atoms with Crippen LogP contribution in [0.15, 0.2) is 22.7 Å². The van der Waals surface area contributed by atoms with Crippen LogP contribution in [0.3, 0.4) is 0 Å². The van der Waals surface area contributed by atoms with Gasteiger partial charge in [-0.2, -0.15) is 5.26 Å². The second-order valence-electron chi connectivity index (χ2n) is 4.51. The van der Waals surface area contributed by atoms with Gasteiger partial charge in [-0.15, -0.1) is 0 Å². The van der Waals surface area contributed by atoms with Gasteiger partial charge in [-0.05, 0) is 47.5 Å². The van der Waals surface area contributed by atoms with E-state index in [1.165, 1.54) is 0 Å². The van der Waals surface area contributed by atoms with Gasteiger partial charge in [-0.25, -0.2) is 0 Å². The maximum atomic E-state index is 9.59. The van der Waals surface area contributed by atoms with Gasteiger partial charge in [0.1, 0.15) is 0 Å². The standard InChI is InChI=1S/C13H15BrN2O/c1-9(17)11-4-5-16(8-11)13-3-2-10(7-15)6-12(13)14/h2-3,6,9,11,17H,4-5,8H2,1H3. The highest BCUT2D eigenvalue weighted by atomic mass is 79.9. The summed E-state index contributed by atoms with van der Waals surface area (Å²) in [6.07, 6.45) is 0.765. The van der Waals surface area contributed by atoms with Crippen LogP contribution in [0.1, 0.15) is 18.9 Å². The molecule has 0 bridgehead atoms. The number of anilines is 1. The third kappa shape index (κ3) is 2.62. The molecule has 1 aromatic rings. The summed E-state index contributed by atoms with van der Waals surface area (Å²) in [7, 11) is 0. The number of nitriles is 1. The first kappa shape index (κ1) is 12.4. The summed E-state index contributed by atoms with van der Waals surface area (Å²) in [6, 6.07) is 7.76. The normalized spacial score (nSPS) is 21.3. The molecule has 1 aromatic carbocycles. The summed E-state index contributed by atoms with van der Waals surface area (Å²) >= 11 is 3.50. The minimum Gasteiger partial charge on any atom is -0.393 e. The van der Waals surface area contributed by atoms with Gasteiger partial charge in [0.15, 0.2) is 0 Å². The highest BCUT2D eigenvalue weighted by Crippen LogP contribution is 2.32. The maximum absolute atomic E-state index is 9.59. The van der Waals surface area contributed by atoms with Crippen LogP contribution >= 0.6 is 15.9 Å². The number of hydrogen-bond donors (Lipinski definition) is 1. The van der Waals surface area contributed by atoms with Crippen molar-refractivity contribution in [3.05, 3.63) is 28.2 Å². The fraction of sp³-hybridized carbons (Fsp3) is 0.462. The Morgan fingerprint density at radius 3 is 2.88 bits per heavy atom. The minimum atomic E-state index is -0.253. The van der Waals surface area contributed by atoms with Crippen LogP contribution in [0.5, 0.6) is 0 Å². The van der Waals surface area contributed by atoms with Crippen LogP contribution in [0.2, 0.25) is 0 Å². The van der Waals surface area contributed by atoms with Gasteiger partial charge in [-0.3, -0.25) is 0 Å². The Balaban J connectivity index is 2.17. The number of nitrogens with zero attached hydrogens (tertiary/aromatic N) is 2. The Kier molecular flexibility index (Phi) is 3.70. The van der Waals surface area contributed by atoms with Gasteiger partial charge < -0.3 is 10.0 Å². The molecule has 0 radical (unpaired) electrons. The molecule has 1 fully saturated rings. The monoisotopic (exact) mass is 294 g/mol. The third-order valence-electron chi connectivity index (χ3n) is 3.32. The molecule has 0 amide bonds. The Morgan fingerprint density at radius 2 is 2.35 bits per heavy atom. The summed E-state index contributed by atoms with van der Waals surface area (Å²) in [5.41, 5.74) is 1.76. The quantitative estimate of drug-likeness (QED) is 0.912. The number of halogens is 1. The first-order chi connectivity index (χ1) is 8.11. The first-order valence-corrected chi connectivity index (χ1v) is 6.54. The summed E-state index contributed by atoms with van der Waals surface area (Å²) < 4.78 is 0.947. The van der Waals surface area contributed by atoms with Crippen molar-refractivity contribution < 1.29 is 5.11 Å². The SMILES string of the molecule is CC(O)C1CCN(c2ccc(C#N)cc2Br)C1. The molecular weight excluding hydrogens is 280 g/mol. The third-order valence-corrected chi connectivity index (χ3v) is 3.96. The smallest absolute Gasteiger partial charge is 0.0992 e. The predicted octanol–water partition coefficient (Wildman–Crippen LogP) is 2.53. The summed E-state index contributed by atoms with van der Waals surface area (Å²) in [4.78, 5) is 2.25. The number of aliphatic hydroxyl groups is 1. The summed E-state index contributed by atoms with van der Waals surface area (Å²) in [5.74, 6) is 0.345. The first-order valence-electron chi connectivity index (χ1n) is 5.74. The molecular formula is C13H15BrN2O. The number of rotatable bonds is 2. The van der Waals surface area contributed by atoms with Crippen LogP contribution in [0.4, 0.5) is 5.69 Å². The molecule has 2 unspecified atom stereocenters. The highest BCUT2D eigenvalue weighted by Gasteiger charge is 2.26. The Labute approximate surface area is 110 Å². The molecule has 3 nitrogen and oxygen atoms in total. The van der Waals surface area contributed by atoms with Crippen molar-refractivity contribution in [3.8, 4) is 6.07 Å². The average molecular weight is 295 g/mol. The lowest BCUT2D eigenvalue weighted by atomic mass is 10.0. The van der Waals surface area contributed by atoms with E-state index in [1.807, 2.05) is 25.1 Å². The number of benzene rings is 1. The molecule has 0 saturated carbocycles. The van der Waals surface area contributed by atoms with Gasteiger partial charge in [0.25, 0.3) is 0 Å². The van der Waals surface area contributed by atoms with Crippen LogP contribution in [0.25, 0.3) is 0 Å². The summed E-state index contributed by atoms with van der Waals surface area (Å²) in [6.45, 7) is 3.68. The molecule has 0 aromatic heterocycles. The zero-order valence-corrected chi connectivity index (χ0v) is 11.3. The number of hydrogen-bond acceptors (Lipinski definition) is 3. The molecule has 17 heavy (non-hydrogen) atoms. The molecule has 0 spiro atoms. The lowest BCUT2D eigenvalue weighted by Gasteiger charge is -2.21. The second kappa shape index (κ2) is 5.07.